The average molecular weight is 494 g/mol. The number of ether oxygens (including phenoxy) is 5. The van der Waals surface area contributed by atoms with Crippen LogP contribution in [0.1, 0.15) is 6.92 Å². The second kappa shape index (κ2) is 11.7. The van der Waals surface area contributed by atoms with Crippen LogP contribution in [0.3, 0.4) is 0 Å². The number of hydrogen-bond acceptors (Lipinski definition) is 9. The molecular formula is C25H27N5O6. The summed E-state index contributed by atoms with van der Waals surface area (Å²) in [5, 5.41) is 15.6. The lowest BCUT2D eigenvalue weighted by molar-refractivity contribution is -0.123. The first-order chi connectivity index (χ1) is 17.6. The molecule has 1 N–H and O–H groups in total. The van der Waals surface area contributed by atoms with E-state index in [9.17, 15) is 4.79 Å². The summed E-state index contributed by atoms with van der Waals surface area (Å²) in [6.07, 6.45) is 0. The van der Waals surface area contributed by atoms with Crippen LogP contribution in [0.15, 0.2) is 54.6 Å². The van der Waals surface area contributed by atoms with Gasteiger partial charge in [-0.3, -0.25) is 4.79 Å². The molecule has 188 valence electrons. The minimum atomic E-state index is -0.262. The van der Waals surface area contributed by atoms with Crippen molar-refractivity contribution in [2.24, 2.45) is 0 Å². The number of rotatable bonds is 12. The zero-order valence-corrected chi connectivity index (χ0v) is 20.3. The Morgan fingerprint density at radius 3 is 2.36 bits per heavy atom. The first-order valence-electron chi connectivity index (χ1n) is 11.3. The maximum atomic E-state index is 12.1. The summed E-state index contributed by atoms with van der Waals surface area (Å²) in [5.74, 6) is 3.16. The molecule has 0 spiro atoms. The lowest BCUT2D eigenvalue weighted by Gasteiger charge is -2.10. The van der Waals surface area contributed by atoms with Gasteiger partial charge in [0.05, 0.1) is 32.9 Å². The third-order valence-electron chi connectivity index (χ3n) is 5.06. The Balaban J connectivity index is 1.31. The Kier molecular flexibility index (Phi) is 8.01. The van der Waals surface area contributed by atoms with Gasteiger partial charge in [0, 0.05) is 6.07 Å². The van der Waals surface area contributed by atoms with Gasteiger partial charge in [-0.1, -0.05) is 0 Å². The highest BCUT2D eigenvalue weighted by atomic mass is 16.5. The molecule has 11 heteroatoms. The van der Waals surface area contributed by atoms with Crippen molar-refractivity contribution in [1.29, 1.82) is 0 Å². The van der Waals surface area contributed by atoms with Gasteiger partial charge in [-0.2, -0.15) is 4.52 Å². The van der Waals surface area contributed by atoms with E-state index in [1.165, 1.54) is 0 Å². The van der Waals surface area contributed by atoms with Crippen LogP contribution in [0.25, 0.3) is 17.0 Å². The van der Waals surface area contributed by atoms with Crippen LogP contribution >= 0.6 is 0 Å². The van der Waals surface area contributed by atoms with Gasteiger partial charge in [-0.05, 0) is 55.5 Å². The van der Waals surface area contributed by atoms with Crippen molar-refractivity contribution in [3.05, 3.63) is 54.6 Å². The number of benzene rings is 2. The number of fused-ring (bicyclic) bond motifs is 1. The third-order valence-corrected chi connectivity index (χ3v) is 5.06. The Labute approximate surface area is 207 Å². The molecule has 2 aromatic carbocycles. The van der Waals surface area contributed by atoms with Crippen LogP contribution in [-0.2, 0) is 4.79 Å². The minimum absolute atomic E-state index is 0.107. The van der Waals surface area contributed by atoms with Crippen molar-refractivity contribution in [3.63, 3.8) is 0 Å². The normalized spacial score (nSPS) is 10.6. The molecule has 0 fully saturated rings. The second-order valence-corrected chi connectivity index (χ2v) is 7.42. The van der Waals surface area contributed by atoms with Crippen LogP contribution in [0.2, 0.25) is 0 Å². The zero-order valence-electron chi connectivity index (χ0n) is 20.3. The van der Waals surface area contributed by atoms with Gasteiger partial charge < -0.3 is 29.0 Å². The molecule has 1 amide bonds. The SMILES string of the molecule is CCOc1ccc(OCC(=O)NCCOc2ccc3nnc(-c4cc(OC)ccc4OC)n3n2)cc1. The van der Waals surface area contributed by atoms with Gasteiger partial charge in [0.25, 0.3) is 5.91 Å². The molecule has 0 atom stereocenters. The second-order valence-electron chi connectivity index (χ2n) is 7.42. The molecule has 0 bridgehead atoms. The van der Waals surface area contributed by atoms with Crippen molar-refractivity contribution < 1.29 is 28.5 Å². The smallest absolute Gasteiger partial charge is 0.258 e. The highest BCUT2D eigenvalue weighted by Gasteiger charge is 2.16. The van der Waals surface area contributed by atoms with E-state index in [4.69, 9.17) is 23.7 Å². The average Bonchev–Trinajstić information content (AvgIpc) is 3.33. The fraction of sp³-hybridized carbons (Fsp3) is 0.280. The number of methoxy groups -OCH3 is 2. The first-order valence-corrected chi connectivity index (χ1v) is 11.3. The first kappa shape index (κ1) is 24.6. The van der Waals surface area contributed by atoms with E-state index < -0.39 is 0 Å². The van der Waals surface area contributed by atoms with E-state index in [1.807, 2.05) is 6.92 Å². The Morgan fingerprint density at radius 2 is 1.64 bits per heavy atom. The molecular weight excluding hydrogens is 466 g/mol. The van der Waals surface area contributed by atoms with E-state index in [0.717, 1.165) is 5.75 Å². The summed E-state index contributed by atoms with van der Waals surface area (Å²) in [5.41, 5.74) is 1.22. The highest BCUT2D eigenvalue weighted by Crippen LogP contribution is 2.32. The largest absolute Gasteiger partial charge is 0.497 e. The molecule has 2 heterocycles. The minimum Gasteiger partial charge on any atom is -0.497 e. The van der Waals surface area contributed by atoms with Crippen molar-refractivity contribution >= 4 is 11.6 Å². The number of nitrogens with zero attached hydrogens (tertiary/aromatic N) is 4. The van der Waals surface area contributed by atoms with Gasteiger partial charge in [0.2, 0.25) is 5.88 Å². The lowest BCUT2D eigenvalue weighted by atomic mass is 10.2. The monoisotopic (exact) mass is 493 g/mol. The molecule has 0 aliphatic rings. The van der Waals surface area contributed by atoms with E-state index in [-0.39, 0.29) is 25.7 Å². The summed E-state index contributed by atoms with van der Waals surface area (Å²) >= 11 is 0. The topological polar surface area (TPSA) is 118 Å². The molecule has 36 heavy (non-hydrogen) atoms. The number of hydrogen-bond donors (Lipinski definition) is 1. The van der Waals surface area contributed by atoms with Crippen molar-refractivity contribution in [2.45, 2.75) is 6.92 Å². The van der Waals surface area contributed by atoms with Crippen molar-refractivity contribution in [2.75, 3.05) is 40.6 Å². The summed E-state index contributed by atoms with van der Waals surface area (Å²) in [4.78, 5) is 12.1. The van der Waals surface area contributed by atoms with E-state index in [1.54, 1.807) is 73.3 Å². The molecule has 0 aliphatic carbocycles. The summed E-state index contributed by atoms with van der Waals surface area (Å²) in [6.45, 7) is 2.89. The van der Waals surface area contributed by atoms with Crippen molar-refractivity contribution in [1.82, 2.24) is 25.1 Å². The van der Waals surface area contributed by atoms with Gasteiger partial charge in [0.1, 0.15) is 29.6 Å². The maximum Gasteiger partial charge on any atom is 0.258 e. The van der Waals surface area contributed by atoms with Crippen LogP contribution in [0.4, 0.5) is 0 Å². The number of amides is 1. The van der Waals surface area contributed by atoms with E-state index in [2.05, 4.69) is 20.6 Å². The predicted molar refractivity (Wildman–Crippen MR) is 131 cm³/mol. The molecule has 4 rings (SSSR count). The van der Waals surface area contributed by atoms with Crippen LogP contribution in [0.5, 0.6) is 28.9 Å². The van der Waals surface area contributed by atoms with Crippen LogP contribution < -0.4 is 29.0 Å². The Morgan fingerprint density at radius 1 is 0.889 bits per heavy atom. The fourth-order valence-electron chi connectivity index (χ4n) is 3.35. The molecule has 0 unspecified atom stereocenters. The zero-order chi connectivity index (χ0) is 25.3. The van der Waals surface area contributed by atoms with Crippen LogP contribution in [0, 0.1) is 0 Å². The fourth-order valence-corrected chi connectivity index (χ4v) is 3.35. The van der Waals surface area contributed by atoms with Gasteiger partial charge in [-0.25, -0.2) is 0 Å². The highest BCUT2D eigenvalue weighted by molar-refractivity contribution is 5.77. The number of nitrogens with one attached hydrogen (secondary N) is 1. The Hall–Kier alpha value is -4.54. The van der Waals surface area contributed by atoms with E-state index >= 15 is 0 Å². The number of carbonyl (C=O) groups is 1. The molecule has 0 saturated heterocycles. The number of carbonyl (C=O) groups excluding carboxylic acids is 1. The maximum absolute atomic E-state index is 12.1. The molecule has 0 aliphatic heterocycles. The van der Waals surface area contributed by atoms with Gasteiger partial charge in [0.15, 0.2) is 18.1 Å². The molecule has 4 aromatic rings. The van der Waals surface area contributed by atoms with Crippen LogP contribution in [-0.4, -0.2) is 66.3 Å². The molecule has 2 aromatic heterocycles. The summed E-state index contributed by atoms with van der Waals surface area (Å²) < 4.78 is 28.9. The van der Waals surface area contributed by atoms with Gasteiger partial charge >= 0.3 is 0 Å². The standard InChI is InChI=1S/C25H27N5O6/c1-4-34-17-5-7-18(8-6-17)36-16-23(31)26-13-14-35-24-12-11-22-27-28-25(30(22)29-24)20-15-19(32-2)9-10-21(20)33-3/h5-12,15H,4,13-14,16H2,1-3H3,(H,26,31). The Bertz CT molecular complexity index is 1310. The quantitative estimate of drug-likeness (QED) is 0.297. The molecule has 0 saturated carbocycles. The molecule has 0 radical (unpaired) electrons. The van der Waals surface area contributed by atoms with Crippen molar-refractivity contribution in [3.8, 4) is 40.3 Å². The summed E-state index contributed by atoms with van der Waals surface area (Å²) in [7, 11) is 3.16. The third kappa shape index (κ3) is 5.93. The van der Waals surface area contributed by atoms with E-state index in [0.29, 0.717) is 46.8 Å². The predicted octanol–water partition coefficient (Wildman–Crippen LogP) is 2.78. The lowest BCUT2D eigenvalue weighted by Crippen LogP contribution is -2.32. The molecule has 11 nitrogen and oxygen atoms in total. The van der Waals surface area contributed by atoms with Gasteiger partial charge in [-0.15, -0.1) is 15.3 Å². The summed E-state index contributed by atoms with van der Waals surface area (Å²) in [6, 6.07) is 15.9. The number of aromatic nitrogens is 4.